The molecule has 0 aliphatic rings. The molecule has 182 valence electrons. The number of rotatable bonds is 6. The number of fused-ring (bicyclic) bond motifs is 1. The molecule has 0 radical (unpaired) electrons. The molecule has 0 amide bonds. The van der Waals surface area contributed by atoms with E-state index in [0.717, 1.165) is 0 Å². The minimum atomic E-state index is -3.95. The van der Waals surface area contributed by atoms with Crippen molar-refractivity contribution in [1.29, 1.82) is 0 Å². The minimum Gasteiger partial charge on any atom is -0.495 e. The van der Waals surface area contributed by atoms with Crippen LogP contribution in [0.3, 0.4) is 0 Å². The van der Waals surface area contributed by atoms with Crippen LogP contribution in [-0.4, -0.2) is 25.3 Å². The van der Waals surface area contributed by atoms with Gasteiger partial charge in [0, 0.05) is 28.1 Å². The smallest absolute Gasteiger partial charge is 0.263 e. The molecule has 0 spiro atoms. The van der Waals surface area contributed by atoms with Gasteiger partial charge in [0.1, 0.15) is 17.8 Å². The van der Waals surface area contributed by atoms with E-state index in [1.807, 2.05) is 0 Å². The van der Waals surface area contributed by atoms with Crippen molar-refractivity contribution in [2.75, 3.05) is 11.8 Å². The monoisotopic (exact) mass is 525 g/mol. The van der Waals surface area contributed by atoms with Gasteiger partial charge in [0.05, 0.1) is 23.2 Å². The maximum atomic E-state index is 14.4. The van der Waals surface area contributed by atoms with Crippen LogP contribution >= 0.6 is 11.6 Å². The van der Waals surface area contributed by atoms with Crippen LogP contribution in [0.15, 0.2) is 93.3 Å². The molecule has 0 saturated carbocycles. The molecule has 0 aliphatic carbocycles. The van der Waals surface area contributed by atoms with E-state index in [9.17, 15) is 17.6 Å². The van der Waals surface area contributed by atoms with Crippen molar-refractivity contribution in [3.8, 4) is 22.6 Å². The predicted molar refractivity (Wildman–Crippen MR) is 134 cm³/mol. The SMILES string of the molecule is COc1cc(-c2cc(Cl)ccc2F)ccc1-n1c(=O)ccc2cc(S(=O)(=O)Nc3ccon3)ccc21. The minimum absolute atomic E-state index is 0.0260. The quantitative estimate of drug-likeness (QED) is 0.325. The molecule has 0 bridgehead atoms. The highest BCUT2D eigenvalue weighted by atomic mass is 35.5. The Hall–Kier alpha value is -4.15. The number of hydrogen-bond acceptors (Lipinski definition) is 6. The first kappa shape index (κ1) is 23.6. The van der Waals surface area contributed by atoms with Crippen LogP contribution in [0, 0.1) is 5.82 Å². The third-order valence-corrected chi connectivity index (χ3v) is 7.10. The van der Waals surface area contributed by atoms with Gasteiger partial charge >= 0.3 is 0 Å². The largest absolute Gasteiger partial charge is 0.495 e. The fourth-order valence-corrected chi connectivity index (χ4v) is 5.05. The first-order valence-corrected chi connectivity index (χ1v) is 12.4. The molecule has 8 nitrogen and oxygen atoms in total. The maximum absolute atomic E-state index is 14.4. The molecule has 2 aromatic heterocycles. The highest BCUT2D eigenvalue weighted by Gasteiger charge is 2.19. The second kappa shape index (κ2) is 9.14. The zero-order valence-corrected chi connectivity index (χ0v) is 20.2. The van der Waals surface area contributed by atoms with Crippen molar-refractivity contribution in [3.05, 3.63) is 100 Å². The van der Waals surface area contributed by atoms with Crippen LogP contribution in [0.2, 0.25) is 5.02 Å². The molecular weight excluding hydrogens is 509 g/mol. The molecule has 11 heteroatoms. The van der Waals surface area contributed by atoms with Crippen LogP contribution in [0.25, 0.3) is 27.7 Å². The van der Waals surface area contributed by atoms with Crippen molar-refractivity contribution in [2.45, 2.75) is 4.90 Å². The summed E-state index contributed by atoms with van der Waals surface area (Å²) in [4.78, 5) is 12.9. The Morgan fingerprint density at radius 1 is 1.03 bits per heavy atom. The first-order valence-electron chi connectivity index (χ1n) is 10.5. The van der Waals surface area contributed by atoms with Crippen molar-refractivity contribution in [3.63, 3.8) is 0 Å². The van der Waals surface area contributed by atoms with E-state index in [1.165, 1.54) is 72.5 Å². The highest BCUT2D eigenvalue weighted by molar-refractivity contribution is 7.92. The Bertz CT molecular complexity index is 1770. The topological polar surface area (TPSA) is 103 Å². The number of sulfonamides is 1. The van der Waals surface area contributed by atoms with E-state index in [1.54, 1.807) is 18.2 Å². The third kappa shape index (κ3) is 4.32. The van der Waals surface area contributed by atoms with E-state index in [0.29, 0.717) is 32.9 Å². The predicted octanol–water partition coefficient (Wildman–Crippen LogP) is 5.25. The summed E-state index contributed by atoms with van der Waals surface area (Å²) in [5.74, 6) is -0.101. The summed E-state index contributed by atoms with van der Waals surface area (Å²) in [5.41, 5.74) is 1.28. The number of aromatic nitrogens is 2. The fourth-order valence-electron chi connectivity index (χ4n) is 3.85. The van der Waals surface area contributed by atoms with E-state index in [-0.39, 0.29) is 21.8 Å². The number of nitrogens with one attached hydrogen (secondary N) is 1. The standard InChI is InChI=1S/C25H17ClFN3O5S/c1-34-23-13-15(19-14-17(26)4-6-20(19)27)2-7-22(23)30-21-8-5-18(12-16(21)3-9-25(30)31)36(32,33)29-24-10-11-35-28-24/h2-14H,1H3,(H,28,29). The van der Waals surface area contributed by atoms with Crippen LogP contribution < -0.4 is 15.0 Å². The number of anilines is 1. The molecule has 0 unspecified atom stereocenters. The maximum Gasteiger partial charge on any atom is 0.263 e. The summed E-state index contributed by atoms with van der Waals surface area (Å²) < 4.78 is 53.9. The summed E-state index contributed by atoms with van der Waals surface area (Å²) in [7, 11) is -2.51. The number of ether oxygens (including phenoxy) is 1. The Kier molecular flexibility index (Phi) is 5.99. The van der Waals surface area contributed by atoms with Crippen molar-refractivity contribution >= 4 is 38.3 Å². The summed E-state index contributed by atoms with van der Waals surface area (Å²) in [6.45, 7) is 0. The van der Waals surface area contributed by atoms with Crippen molar-refractivity contribution in [1.82, 2.24) is 9.72 Å². The van der Waals surface area contributed by atoms with Crippen molar-refractivity contribution < 1.29 is 22.1 Å². The lowest BCUT2D eigenvalue weighted by Crippen LogP contribution is -2.18. The molecule has 0 aliphatic heterocycles. The summed E-state index contributed by atoms with van der Waals surface area (Å²) in [6, 6.07) is 17.7. The Labute approximate surface area is 209 Å². The molecule has 5 rings (SSSR count). The van der Waals surface area contributed by atoms with E-state index in [2.05, 4.69) is 14.4 Å². The molecule has 0 atom stereocenters. The molecule has 2 heterocycles. The van der Waals surface area contributed by atoms with Crippen LogP contribution in [0.1, 0.15) is 0 Å². The second-order valence-electron chi connectivity index (χ2n) is 7.73. The average Bonchev–Trinajstić information content (AvgIpc) is 3.37. The van der Waals surface area contributed by atoms with Crippen LogP contribution in [0.4, 0.5) is 10.2 Å². The third-order valence-electron chi connectivity index (χ3n) is 5.51. The normalized spacial score (nSPS) is 11.5. The lowest BCUT2D eigenvalue weighted by molar-refractivity contribution is 0.413. The number of benzene rings is 3. The zero-order chi connectivity index (χ0) is 25.4. The highest BCUT2D eigenvalue weighted by Crippen LogP contribution is 2.33. The Balaban J connectivity index is 1.62. The van der Waals surface area contributed by atoms with Gasteiger partial charge in [-0.15, -0.1) is 0 Å². The van der Waals surface area contributed by atoms with Gasteiger partial charge < -0.3 is 9.26 Å². The van der Waals surface area contributed by atoms with E-state index < -0.39 is 15.8 Å². The van der Waals surface area contributed by atoms with Gasteiger partial charge in [-0.05, 0) is 60.2 Å². The van der Waals surface area contributed by atoms with Gasteiger partial charge in [-0.2, -0.15) is 0 Å². The summed E-state index contributed by atoms with van der Waals surface area (Å²) in [6.07, 6.45) is 1.25. The van der Waals surface area contributed by atoms with E-state index in [4.69, 9.17) is 16.3 Å². The van der Waals surface area contributed by atoms with E-state index >= 15 is 0 Å². The van der Waals surface area contributed by atoms with Crippen LogP contribution in [-0.2, 0) is 10.0 Å². The van der Waals surface area contributed by atoms with Gasteiger partial charge in [0.15, 0.2) is 5.82 Å². The molecule has 0 saturated heterocycles. The molecule has 5 aromatic rings. The average molecular weight is 526 g/mol. The van der Waals surface area contributed by atoms with Gasteiger partial charge in [0.25, 0.3) is 15.6 Å². The summed E-state index contributed by atoms with van der Waals surface area (Å²) >= 11 is 6.04. The molecular formula is C25H17ClFN3O5S. The Morgan fingerprint density at radius 2 is 1.86 bits per heavy atom. The van der Waals surface area contributed by atoms with Gasteiger partial charge in [-0.1, -0.05) is 22.8 Å². The first-order chi connectivity index (χ1) is 17.3. The number of hydrogen-bond donors (Lipinski definition) is 1. The van der Waals surface area contributed by atoms with Gasteiger partial charge in [0.2, 0.25) is 0 Å². The van der Waals surface area contributed by atoms with Gasteiger partial charge in [-0.25, -0.2) is 12.8 Å². The summed E-state index contributed by atoms with van der Waals surface area (Å²) in [5, 5.41) is 4.43. The fraction of sp³-hybridized carbons (Fsp3) is 0.0400. The second-order valence-corrected chi connectivity index (χ2v) is 9.85. The van der Waals surface area contributed by atoms with Gasteiger partial charge in [-0.3, -0.25) is 14.1 Å². The molecule has 1 N–H and O–H groups in total. The lowest BCUT2D eigenvalue weighted by atomic mass is 10.0. The van der Waals surface area contributed by atoms with Crippen LogP contribution in [0.5, 0.6) is 5.75 Å². The molecule has 36 heavy (non-hydrogen) atoms. The number of nitrogens with zero attached hydrogens (tertiary/aromatic N) is 2. The molecule has 0 fully saturated rings. The number of halogens is 2. The van der Waals surface area contributed by atoms with Crippen molar-refractivity contribution in [2.24, 2.45) is 0 Å². The lowest BCUT2D eigenvalue weighted by Gasteiger charge is -2.16. The zero-order valence-electron chi connectivity index (χ0n) is 18.6. The number of pyridine rings is 1. The molecule has 3 aromatic carbocycles. The number of methoxy groups -OCH3 is 1. The Morgan fingerprint density at radius 3 is 2.61 bits per heavy atom.